The summed E-state index contributed by atoms with van der Waals surface area (Å²) in [5.74, 6) is -1.06. The molecule has 0 atom stereocenters. The highest BCUT2D eigenvalue weighted by atomic mass is 32.2. The Bertz CT molecular complexity index is 880. The molecular formula is C17H19NO5S. The zero-order valence-corrected chi connectivity index (χ0v) is 14.7. The molecule has 0 amide bonds. The van der Waals surface area contributed by atoms with Gasteiger partial charge in [0, 0.05) is 6.07 Å². The molecule has 0 saturated carbocycles. The lowest BCUT2D eigenvalue weighted by Crippen LogP contribution is -2.16. The summed E-state index contributed by atoms with van der Waals surface area (Å²) in [6.07, 6.45) is 0. The van der Waals surface area contributed by atoms with E-state index in [1.165, 1.54) is 25.3 Å². The van der Waals surface area contributed by atoms with Crippen molar-refractivity contribution in [1.82, 2.24) is 0 Å². The Hall–Kier alpha value is -2.54. The second-order valence-corrected chi connectivity index (χ2v) is 7.17. The van der Waals surface area contributed by atoms with Crippen LogP contribution < -0.4 is 9.46 Å². The van der Waals surface area contributed by atoms with Crippen LogP contribution in [-0.2, 0) is 10.0 Å². The van der Waals surface area contributed by atoms with Crippen LogP contribution in [0.1, 0.15) is 27.0 Å². The first kappa shape index (κ1) is 17.8. The number of hydrogen-bond acceptors (Lipinski definition) is 4. The predicted molar refractivity (Wildman–Crippen MR) is 91.4 cm³/mol. The minimum atomic E-state index is -3.80. The number of aromatic carboxylic acids is 1. The zero-order valence-electron chi connectivity index (χ0n) is 13.9. The Morgan fingerprint density at radius 2 is 1.67 bits per heavy atom. The third-order valence-corrected chi connectivity index (χ3v) is 5.24. The summed E-state index contributed by atoms with van der Waals surface area (Å²) in [5.41, 5.74) is 2.47. The first-order valence-electron chi connectivity index (χ1n) is 7.17. The van der Waals surface area contributed by atoms with Crippen LogP contribution in [0.15, 0.2) is 35.2 Å². The normalized spacial score (nSPS) is 11.2. The van der Waals surface area contributed by atoms with E-state index in [9.17, 15) is 13.2 Å². The molecule has 2 aromatic rings. The molecule has 2 rings (SSSR count). The summed E-state index contributed by atoms with van der Waals surface area (Å²) in [4.78, 5) is 11.3. The second kappa shape index (κ2) is 6.52. The summed E-state index contributed by atoms with van der Waals surface area (Å²) in [7, 11) is -2.47. The topological polar surface area (TPSA) is 92.7 Å². The highest BCUT2D eigenvalue weighted by molar-refractivity contribution is 7.92. The molecule has 24 heavy (non-hydrogen) atoms. The Balaban J connectivity index is 2.46. The van der Waals surface area contributed by atoms with Gasteiger partial charge in [0.15, 0.2) is 0 Å². The number of anilines is 1. The average Bonchev–Trinajstić information content (AvgIpc) is 2.44. The van der Waals surface area contributed by atoms with Crippen LogP contribution in [-0.4, -0.2) is 26.6 Å². The van der Waals surface area contributed by atoms with Gasteiger partial charge in [-0.25, -0.2) is 13.2 Å². The minimum absolute atomic E-state index is 0.0388. The molecule has 0 fully saturated rings. The lowest BCUT2D eigenvalue weighted by molar-refractivity contribution is 0.0693. The van der Waals surface area contributed by atoms with Crippen molar-refractivity contribution in [2.24, 2.45) is 0 Å². The van der Waals surface area contributed by atoms with Crippen LogP contribution in [0.25, 0.3) is 0 Å². The standard InChI is InChI=1S/C17H19NO5S/c1-10-7-11(2)16(12(3)8-10)24(21,22)18-13-5-6-14(17(19)20)15(9-13)23-4/h5-9,18H,1-4H3,(H,19,20). The smallest absolute Gasteiger partial charge is 0.339 e. The average molecular weight is 349 g/mol. The van der Waals surface area contributed by atoms with E-state index in [-0.39, 0.29) is 21.9 Å². The van der Waals surface area contributed by atoms with Crippen molar-refractivity contribution in [3.8, 4) is 5.75 Å². The lowest BCUT2D eigenvalue weighted by atomic mass is 10.1. The van der Waals surface area contributed by atoms with Crippen LogP contribution in [0.2, 0.25) is 0 Å². The van der Waals surface area contributed by atoms with Crippen LogP contribution >= 0.6 is 0 Å². The number of carboxylic acid groups (broad SMARTS) is 1. The van der Waals surface area contributed by atoms with E-state index in [1.54, 1.807) is 26.0 Å². The van der Waals surface area contributed by atoms with Crippen LogP contribution in [0.5, 0.6) is 5.75 Å². The molecule has 0 bridgehead atoms. The van der Waals surface area contributed by atoms with Gasteiger partial charge < -0.3 is 9.84 Å². The fraction of sp³-hybridized carbons (Fsp3) is 0.235. The first-order valence-corrected chi connectivity index (χ1v) is 8.66. The number of ether oxygens (including phenoxy) is 1. The number of sulfonamides is 1. The fourth-order valence-electron chi connectivity index (χ4n) is 2.73. The maximum atomic E-state index is 12.7. The van der Waals surface area contributed by atoms with E-state index in [2.05, 4.69) is 4.72 Å². The SMILES string of the molecule is COc1cc(NS(=O)(=O)c2c(C)cc(C)cc2C)ccc1C(=O)O. The van der Waals surface area contributed by atoms with E-state index in [1.807, 2.05) is 6.92 Å². The Kier molecular flexibility index (Phi) is 4.84. The van der Waals surface area contributed by atoms with Crippen molar-refractivity contribution < 1.29 is 23.1 Å². The van der Waals surface area contributed by atoms with E-state index < -0.39 is 16.0 Å². The molecule has 0 aliphatic rings. The van der Waals surface area contributed by atoms with E-state index >= 15 is 0 Å². The Morgan fingerprint density at radius 3 is 2.17 bits per heavy atom. The number of benzene rings is 2. The van der Waals surface area contributed by atoms with Gasteiger partial charge in [-0.3, -0.25) is 4.72 Å². The minimum Gasteiger partial charge on any atom is -0.496 e. The maximum Gasteiger partial charge on any atom is 0.339 e. The number of nitrogens with one attached hydrogen (secondary N) is 1. The van der Waals surface area contributed by atoms with Crippen molar-refractivity contribution in [2.45, 2.75) is 25.7 Å². The lowest BCUT2D eigenvalue weighted by Gasteiger charge is -2.15. The molecule has 0 spiro atoms. The molecule has 0 radical (unpaired) electrons. The van der Waals surface area contributed by atoms with Gasteiger partial charge in [-0.15, -0.1) is 0 Å². The summed E-state index contributed by atoms with van der Waals surface area (Å²) in [6.45, 7) is 5.38. The monoisotopic (exact) mass is 349 g/mol. The molecule has 0 saturated heterocycles. The van der Waals surface area contributed by atoms with Crippen LogP contribution in [0.3, 0.4) is 0 Å². The van der Waals surface area contributed by atoms with Gasteiger partial charge in [0.2, 0.25) is 0 Å². The summed E-state index contributed by atoms with van der Waals surface area (Å²) < 4.78 is 32.9. The molecule has 7 heteroatoms. The van der Waals surface area contributed by atoms with Crippen LogP contribution in [0.4, 0.5) is 5.69 Å². The summed E-state index contributed by atoms with van der Waals surface area (Å²) >= 11 is 0. The summed E-state index contributed by atoms with van der Waals surface area (Å²) in [6, 6.07) is 7.64. The van der Waals surface area contributed by atoms with Gasteiger partial charge >= 0.3 is 5.97 Å². The van der Waals surface area contributed by atoms with Crippen LogP contribution in [0, 0.1) is 20.8 Å². The first-order chi connectivity index (χ1) is 11.2. The van der Waals surface area contributed by atoms with E-state index in [0.29, 0.717) is 11.1 Å². The molecule has 2 N–H and O–H groups in total. The second-order valence-electron chi connectivity index (χ2n) is 5.55. The largest absolute Gasteiger partial charge is 0.496 e. The number of rotatable bonds is 5. The Morgan fingerprint density at radius 1 is 1.08 bits per heavy atom. The number of hydrogen-bond donors (Lipinski definition) is 2. The fourth-order valence-corrected chi connectivity index (χ4v) is 4.23. The van der Waals surface area contributed by atoms with Crippen molar-refractivity contribution in [3.05, 3.63) is 52.6 Å². The van der Waals surface area contributed by atoms with Gasteiger partial charge in [0.25, 0.3) is 10.0 Å². The van der Waals surface area contributed by atoms with E-state index in [0.717, 1.165) is 5.56 Å². The molecule has 0 heterocycles. The van der Waals surface area contributed by atoms with Crippen molar-refractivity contribution in [1.29, 1.82) is 0 Å². The maximum absolute atomic E-state index is 12.7. The highest BCUT2D eigenvalue weighted by Gasteiger charge is 2.21. The molecule has 128 valence electrons. The van der Waals surface area contributed by atoms with Gasteiger partial charge in [-0.2, -0.15) is 0 Å². The third kappa shape index (κ3) is 3.51. The number of carboxylic acids is 1. The number of methoxy groups -OCH3 is 1. The molecule has 0 unspecified atom stereocenters. The number of carbonyl (C=O) groups is 1. The third-order valence-electron chi connectivity index (χ3n) is 3.56. The van der Waals surface area contributed by atoms with Gasteiger partial charge in [-0.05, 0) is 44.0 Å². The van der Waals surface area contributed by atoms with Crippen molar-refractivity contribution >= 4 is 21.7 Å². The number of aryl methyl sites for hydroxylation is 3. The van der Waals surface area contributed by atoms with E-state index in [4.69, 9.17) is 9.84 Å². The molecular weight excluding hydrogens is 330 g/mol. The van der Waals surface area contributed by atoms with Gasteiger partial charge in [0.05, 0.1) is 17.7 Å². The molecule has 0 aromatic heterocycles. The van der Waals surface area contributed by atoms with Crippen molar-refractivity contribution in [3.63, 3.8) is 0 Å². The quantitative estimate of drug-likeness (QED) is 0.865. The molecule has 0 aliphatic carbocycles. The molecule has 0 aliphatic heterocycles. The van der Waals surface area contributed by atoms with Gasteiger partial charge in [-0.1, -0.05) is 17.7 Å². The predicted octanol–water partition coefficient (Wildman–Crippen LogP) is 3.12. The van der Waals surface area contributed by atoms with Gasteiger partial charge in [0.1, 0.15) is 11.3 Å². The summed E-state index contributed by atoms with van der Waals surface area (Å²) in [5, 5.41) is 9.08. The zero-order chi connectivity index (χ0) is 18.1. The Labute approximate surface area is 141 Å². The van der Waals surface area contributed by atoms with Crippen molar-refractivity contribution in [2.75, 3.05) is 11.8 Å². The molecule has 2 aromatic carbocycles. The highest BCUT2D eigenvalue weighted by Crippen LogP contribution is 2.27. The molecule has 6 nitrogen and oxygen atoms in total.